The van der Waals surface area contributed by atoms with E-state index in [-0.39, 0.29) is 0 Å². The molecule has 2 aromatic rings. The predicted molar refractivity (Wildman–Crippen MR) is 68.5 cm³/mol. The molecule has 0 saturated heterocycles. The normalized spacial score (nSPS) is 10.6. The molecule has 0 bridgehead atoms. The molecule has 2 aromatic carbocycles. The van der Waals surface area contributed by atoms with Gasteiger partial charge in [0, 0.05) is 0 Å². The zero-order chi connectivity index (χ0) is 11.8. The highest BCUT2D eigenvalue weighted by Gasteiger charge is 1.90. The molecule has 0 spiro atoms. The summed E-state index contributed by atoms with van der Waals surface area (Å²) in [5.74, 6) is 0.709. The standard InChI is InChI=1S/C15H14O2/c1-3-8-14(9-4-1)10-7-13-16-17-15-11-5-2-6-12-15/h1-12H,13H2. The van der Waals surface area contributed by atoms with Gasteiger partial charge in [0.15, 0.2) is 5.75 Å². The number of benzene rings is 2. The van der Waals surface area contributed by atoms with Crippen LogP contribution in [0.15, 0.2) is 66.7 Å². The van der Waals surface area contributed by atoms with E-state index in [0.717, 1.165) is 5.56 Å². The molecule has 86 valence electrons. The first kappa shape index (κ1) is 11.4. The lowest BCUT2D eigenvalue weighted by molar-refractivity contribution is -0.195. The quantitative estimate of drug-likeness (QED) is 0.439. The van der Waals surface area contributed by atoms with E-state index in [0.29, 0.717) is 12.4 Å². The highest BCUT2D eigenvalue weighted by molar-refractivity contribution is 5.48. The van der Waals surface area contributed by atoms with Crippen LogP contribution < -0.4 is 4.89 Å². The maximum atomic E-state index is 5.09. The van der Waals surface area contributed by atoms with Gasteiger partial charge in [0.25, 0.3) is 0 Å². The van der Waals surface area contributed by atoms with Gasteiger partial charge < -0.3 is 4.89 Å². The fraction of sp³-hybridized carbons (Fsp3) is 0.0667. The molecule has 0 unspecified atom stereocenters. The Morgan fingerprint density at radius 1 is 0.824 bits per heavy atom. The second-order valence-electron chi connectivity index (χ2n) is 3.49. The molecular formula is C15H14O2. The van der Waals surface area contributed by atoms with Crippen molar-refractivity contribution in [1.82, 2.24) is 0 Å². The zero-order valence-electron chi connectivity index (χ0n) is 9.45. The second kappa shape index (κ2) is 6.51. The monoisotopic (exact) mass is 226 g/mol. The van der Waals surface area contributed by atoms with Crippen molar-refractivity contribution in [2.24, 2.45) is 0 Å². The molecule has 0 amide bonds. The molecule has 0 radical (unpaired) electrons. The minimum absolute atomic E-state index is 0.420. The average Bonchev–Trinajstić information content (AvgIpc) is 2.41. The van der Waals surface area contributed by atoms with Crippen molar-refractivity contribution in [2.75, 3.05) is 6.61 Å². The molecule has 0 N–H and O–H groups in total. The van der Waals surface area contributed by atoms with Crippen LogP contribution in [-0.4, -0.2) is 6.61 Å². The smallest absolute Gasteiger partial charge is 0.165 e. The van der Waals surface area contributed by atoms with Crippen LogP contribution >= 0.6 is 0 Å². The lowest BCUT2D eigenvalue weighted by Gasteiger charge is -2.01. The van der Waals surface area contributed by atoms with E-state index in [1.54, 1.807) is 0 Å². The van der Waals surface area contributed by atoms with Crippen LogP contribution in [0.25, 0.3) is 6.08 Å². The molecular weight excluding hydrogens is 212 g/mol. The van der Waals surface area contributed by atoms with Crippen molar-refractivity contribution < 1.29 is 9.78 Å². The summed E-state index contributed by atoms with van der Waals surface area (Å²) in [4.78, 5) is 10.1. The molecule has 0 aromatic heterocycles. The minimum Gasteiger partial charge on any atom is -0.337 e. The Balaban J connectivity index is 1.72. The Bertz CT molecular complexity index is 449. The van der Waals surface area contributed by atoms with Crippen LogP contribution in [0.2, 0.25) is 0 Å². The van der Waals surface area contributed by atoms with Crippen molar-refractivity contribution in [2.45, 2.75) is 0 Å². The summed E-state index contributed by atoms with van der Waals surface area (Å²) in [6.07, 6.45) is 3.91. The molecule has 0 saturated carbocycles. The first-order chi connectivity index (χ1) is 8.45. The molecule has 0 atom stereocenters. The number of hydrogen-bond donors (Lipinski definition) is 0. The Labute approximate surface area is 101 Å². The van der Waals surface area contributed by atoms with Crippen LogP contribution in [0.1, 0.15) is 5.56 Å². The van der Waals surface area contributed by atoms with Crippen molar-refractivity contribution in [3.63, 3.8) is 0 Å². The highest BCUT2D eigenvalue weighted by atomic mass is 17.2. The Morgan fingerprint density at radius 3 is 2.18 bits per heavy atom. The van der Waals surface area contributed by atoms with Crippen molar-refractivity contribution in [3.8, 4) is 5.75 Å². The van der Waals surface area contributed by atoms with Crippen molar-refractivity contribution in [1.29, 1.82) is 0 Å². The summed E-state index contributed by atoms with van der Waals surface area (Å²) >= 11 is 0. The third kappa shape index (κ3) is 4.13. The largest absolute Gasteiger partial charge is 0.337 e. The number of rotatable bonds is 5. The highest BCUT2D eigenvalue weighted by Crippen LogP contribution is 2.08. The topological polar surface area (TPSA) is 18.5 Å². The van der Waals surface area contributed by atoms with Gasteiger partial charge in [0.05, 0.1) is 0 Å². The lowest BCUT2D eigenvalue weighted by Crippen LogP contribution is -1.96. The fourth-order valence-corrected chi connectivity index (χ4v) is 1.37. The Hall–Kier alpha value is -2.06. The summed E-state index contributed by atoms with van der Waals surface area (Å²) < 4.78 is 0. The second-order valence-corrected chi connectivity index (χ2v) is 3.49. The van der Waals surface area contributed by atoms with E-state index in [1.807, 2.05) is 72.8 Å². The van der Waals surface area contributed by atoms with Gasteiger partial charge in [-0.1, -0.05) is 60.7 Å². The van der Waals surface area contributed by atoms with Crippen molar-refractivity contribution in [3.05, 3.63) is 72.3 Å². The summed E-state index contributed by atoms with van der Waals surface area (Å²) in [6.45, 7) is 0.420. The summed E-state index contributed by atoms with van der Waals surface area (Å²) in [6, 6.07) is 19.5. The Kier molecular flexibility index (Phi) is 4.37. The molecule has 2 rings (SSSR count). The molecule has 0 aliphatic heterocycles. The molecule has 17 heavy (non-hydrogen) atoms. The van der Waals surface area contributed by atoms with Gasteiger partial charge >= 0.3 is 0 Å². The van der Waals surface area contributed by atoms with Gasteiger partial charge in [-0.2, -0.15) is 4.89 Å². The fourth-order valence-electron chi connectivity index (χ4n) is 1.37. The maximum Gasteiger partial charge on any atom is 0.165 e. The van der Waals surface area contributed by atoms with Crippen LogP contribution in [0.4, 0.5) is 0 Å². The van der Waals surface area contributed by atoms with E-state index in [4.69, 9.17) is 9.78 Å². The number of para-hydroxylation sites is 1. The first-order valence-corrected chi connectivity index (χ1v) is 5.51. The third-order valence-electron chi connectivity index (χ3n) is 2.17. The molecule has 2 heteroatoms. The first-order valence-electron chi connectivity index (χ1n) is 5.51. The Morgan fingerprint density at radius 2 is 1.47 bits per heavy atom. The molecule has 0 heterocycles. The van der Waals surface area contributed by atoms with E-state index in [1.165, 1.54) is 0 Å². The van der Waals surface area contributed by atoms with Gasteiger partial charge in [0.2, 0.25) is 0 Å². The van der Waals surface area contributed by atoms with E-state index in [9.17, 15) is 0 Å². The van der Waals surface area contributed by atoms with Gasteiger partial charge in [0.1, 0.15) is 6.61 Å². The third-order valence-corrected chi connectivity index (χ3v) is 2.17. The lowest BCUT2D eigenvalue weighted by atomic mass is 10.2. The van der Waals surface area contributed by atoms with Gasteiger partial charge in [-0.05, 0) is 17.7 Å². The van der Waals surface area contributed by atoms with E-state index >= 15 is 0 Å². The van der Waals surface area contributed by atoms with Crippen molar-refractivity contribution >= 4 is 6.08 Å². The predicted octanol–water partition coefficient (Wildman–Crippen LogP) is 3.71. The van der Waals surface area contributed by atoms with Crippen LogP contribution in [0.3, 0.4) is 0 Å². The maximum absolute atomic E-state index is 5.09. The summed E-state index contributed by atoms with van der Waals surface area (Å²) in [7, 11) is 0. The average molecular weight is 226 g/mol. The van der Waals surface area contributed by atoms with Crippen LogP contribution in [0, 0.1) is 0 Å². The van der Waals surface area contributed by atoms with E-state index < -0.39 is 0 Å². The number of hydrogen-bond acceptors (Lipinski definition) is 2. The molecule has 2 nitrogen and oxygen atoms in total. The summed E-state index contributed by atoms with van der Waals surface area (Å²) in [5.41, 5.74) is 1.15. The van der Waals surface area contributed by atoms with Gasteiger partial charge in [-0.25, -0.2) is 0 Å². The zero-order valence-corrected chi connectivity index (χ0v) is 9.45. The van der Waals surface area contributed by atoms with Gasteiger partial charge in [-0.3, -0.25) is 0 Å². The molecule has 0 aliphatic rings. The van der Waals surface area contributed by atoms with Gasteiger partial charge in [-0.15, -0.1) is 0 Å². The van der Waals surface area contributed by atoms with Crippen LogP contribution in [0.5, 0.6) is 5.75 Å². The minimum atomic E-state index is 0.420. The molecule has 0 fully saturated rings. The summed E-state index contributed by atoms with van der Waals surface area (Å²) in [5, 5.41) is 0. The van der Waals surface area contributed by atoms with E-state index in [2.05, 4.69) is 0 Å². The van der Waals surface area contributed by atoms with Crippen LogP contribution in [-0.2, 0) is 4.89 Å². The SMILES string of the molecule is C(=Cc1ccccc1)COOc1ccccc1. The molecule has 0 aliphatic carbocycles.